The van der Waals surface area contributed by atoms with Crippen LogP contribution in [-0.4, -0.2) is 38.3 Å². The van der Waals surface area contributed by atoms with Crippen LogP contribution in [0.25, 0.3) is 0 Å². The lowest BCUT2D eigenvalue weighted by Crippen LogP contribution is -2.44. The van der Waals surface area contributed by atoms with Gasteiger partial charge in [-0.1, -0.05) is 54.6 Å². The van der Waals surface area contributed by atoms with E-state index >= 15 is 0 Å². The van der Waals surface area contributed by atoms with Crippen molar-refractivity contribution in [3.8, 4) is 5.75 Å². The van der Waals surface area contributed by atoms with Gasteiger partial charge in [0.15, 0.2) is 0 Å². The van der Waals surface area contributed by atoms with Gasteiger partial charge in [0, 0.05) is 18.3 Å². The number of amides is 1. The Bertz CT molecular complexity index is 1260. The second-order valence-electron chi connectivity index (χ2n) is 8.36. The number of aryl methyl sites for hydroxylation is 1. The van der Waals surface area contributed by atoms with Crippen molar-refractivity contribution in [3.63, 3.8) is 0 Å². The van der Waals surface area contributed by atoms with Crippen LogP contribution in [0.3, 0.4) is 0 Å². The Morgan fingerprint density at radius 3 is 2.48 bits per heavy atom. The van der Waals surface area contributed by atoms with Gasteiger partial charge in [-0.15, -0.1) is 0 Å². The molecule has 4 rings (SSSR count). The van der Waals surface area contributed by atoms with Crippen molar-refractivity contribution in [2.75, 3.05) is 18.6 Å². The first-order valence-corrected chi connectivity index (χ1v) is 12.3. The highest BCUT2D eigenvalue weighted by molar-refractivity contribution is 7.89. The summed E-state index contributed by atoms with van der Waals surface area (Å²) in [6.45, 7) is 3.62. The molecule has 1 heterocycles. The fourth-order valence-electron chi connectivity index (χ4n) is 4.31. The lowest BCUT2D eigenvalue weighted by Gasteiger charge is -2.28. The molecule has 0 aromatic heterocycles. The van der Waals surface area contributed by atoms with Crippen molar-refractivity contribution in [1.29, 1.82) is 0 Å². The molecule has 7 heteroatoms. The molecule has 3 aromatic carbocycles. The van der Waals surface area contributed by atoms with Crippen molar-refractivity contribution in [2.45, 2.75) is 37.8 Å². The number of nitrogens with zero attached hydrogens (tertiary/aromatic N) is 2. The first-order valence-electron chi connectivity index (χ1n) is 10.9. The number of para-hydroxylation sites is 1. The smallest absolute Gasteiger partial charge is 0.247 e. The van der Waals surface area contributed by atoms with E-state index in [2.05, 4.69) is 0 Å². The number of hydrogen-bond acceptors (Lipinski definition) is 4. The van der Waals surface area contributed by atoms with Crippen molar-refractivity contribution < 1.29 is 17.9 Å². The van der Waals surface area contributed by atoms with Crippen molar-refractivity contribution in [1.82, 2.24) is 4.31 Å². The lowest BCUT2D eigenvalue weighted by molar-refractivity contribution is -0.119. The Morgan fingerprint density at radius 2 is 1.76 bits per heavy atom. The van der Waals surface area contributed by atoms with Crippen LogP contribution in [0, 0.1) is 6.92 Å². The number of ether oxygens (including phenoxy) is 1. The Hall–Kier alpha value is -3.16. The number of benzene rings is 3. The third kappa shape index (κ3) is 4.65. The minimum atomic E-state index is -4.02. The number of sulfonamides is 1. The molecule has 6 nitrogen and oxygen atoms in total. The van der Waals surface area contributed by atoms with Gasteiger partial charge in [-0.25, -0.2) is 8.42 Å². The monoisotopic (exact) mass is 464 g/mol. The van der Waals surface area contributed by atoms with Gasteiger partial charge in [0.25, 0.3) is 0 Å². The molecule has 172 valence electrons. The molecule has 0 N–H and O–H groups in total. The molecule has 0 radical (unpaired) electrons. The summed E-state index contributed by atoms with van der Waals surface area (Å²) in [7, 11) is -2.58. The fourth-order valence-corrected chi connectivity index (χ4v) is 5.93. The Kier molecular flexibility index (Phi) is 6.54. The third-order valence-electron chi connectivity index (χ3n) is 5.93. The predicted octanol–water partition coefficient (Wildman–Crippen LogP) is 4.17. The molecule has 0 saturated heterocycles. The molecule has 1 amide bonds. The topological polar surface area (TPSA) is 66.9 Å². The summed E-state index contributed by atoms with van der Waals surface area (Å²) in [6.07, 6.45) is 0.749. The molecular weight excluding hydrogens is 436 g/mol. The maximum atomic E-state index is 13.8. The highest BCUT2D eigenvalue weighted by Crippen LogP contribution is 2.33. The fraction of sp³-hybridized carbons (Fsp3) is 0.269. The van der Waals surface area contributed by atoms with Gasteiger partial charge in [-0.2, -0.15) is 4.31 Å². The number of rotatable bonds is 7. The zero-order valence-corrected chi connectivity index (χ0v) is 19.9. The highest BCUT2D eigenvalue weighted by atomic mass is 32.2. The number of methoxy groups -OCH3 is 1. The van der Waals surface area contributed by atoms with Crippen LogP contribution >= 0.6 is 0 Å². The zero-order chi connectivity index (χ0) is 23.6. The van der Waals surface area contributed by atoms with Crippen LogP contribution in [0.15, 0.2) is 77.7 Å². The van der Waals surface area contributed by atoms with Crippen LogP contribution in [-0.2, 0) is 27.8 Å². The molecule has 0 bridgehead atoms. The maximum absolute atomic E-state index is 13.8. The second-order valence-corrected chi connectivity index (χ2v) is 10.3. The minimum absolute atomic E-state index is 0.0373. The quantitative estimate of drug-likeness (QED) is 0.526. The van der Waals surface area contributed by atoms with E-state index in [1.165, 1.54) is 11.4 Å². The first kappa shape index (κ1) is 23.0. The number of anilines is 1. The van der Waals surface area contributed by atoms with Gasteiger partial charge in [-0.3, -0.25) is 4.79 Å². The summed E-state index contributed by atoms with van der Waals surface area (Å²) < 4.78 is 34.2. The molecule has 3 aromatic rings. The Balaban J connectivity index is 1.72. The number of carbonyl (C=O) groups excluding carboxylic acids is 1. The van der Waals surface area contributed by atoms with Crippen LogP contribution in [0.5, 0.6) is 5.75 Å². The molecule has 0 unspecified atom stereocenters. The van der Waals surface area contributed by atoms with Crippen LogP contribution in [0.4, 0.5) is 5.69 Å². The van der Waals surface area contributed by atoms with Gasteiger partial charge in [0.2, 0.25) is 15.9 Å². The van der Waals surface area contributed by atoms with Gasteiger partial charge in [0.1, 0.15) is 10.6 Å². The van der Waals surface area contributed by atoms with E-state index in [4.69, 9.17) is 4.74 Å². The highest BCUT2D eigenvalue weighted by Gasteiger charge is 2.35. The Labute approximate surface area is 195 Å². The summed E-state index contributed by atoms with van der Waals surface area (Å²) in [4.78, 5) is 15.3. The van der Waals surface area contributed by atoms with Crippen LogP contribution in [0.1, 0.15) is 23.6 Å². The molecule has 1 aliphatic rings. The van der Waals surface area contributed by atoms with Gasteiger partial charge in [0.05, 0.1) is 13.7 Å². The van der Waals surface area contributed by atoms with E-state index in [9.17, 15) is 13.2 Å². The molecule has 1 atom stereocenters. The van der Waals surface area contributed by atoms with Crippen molar-refractivity contribution >= 4 is 21.6 Å². The van der Waals surface area contributed by atoms with E-state index in [0.29, 0.717) is 0 Å². The summed E-state index contributed by atoms with van der Waals surface area (Å²) >= 11 is 0. The second kappa shape index (κ2) is 9.37. The molecule has 1 aliphatic heterocycles. The standard InChI is InChI=1S/C26H28N2O4S/c1-19-13-14-24(32-3)25(15-19)33(30,31)27(17-21-9-5-4-6-10-21)18-26(29)28-20(2)16-22-11-7-8-12-23(22)28/h4-15,20H,16-18H2,1-3H3/t20-/m1/s1. The normalized spacial score (nSPS) is 15.5. The molecule has 0 fully saturated rings. The average Bonchev–Trinajstić information content (AvgIpc) is 3.15. The largest absolute Gasteiger partial charge is 0.495 e. The summed E-state index contributed by atoms with van der Waals surface area (Å²) in [5.41, 5.74) is 3.54. The number of fused-ring (bicyclic) bond motifs is 1. The summed E-state index contributed by atoms with van der Waals surface area (Å²) in [6, 6.07) is 22.1. The average molecular weight is 465 g/mol. The molecule has 0 spiro atoms. The SMILES string of the molecule is COc1ccc(C)cc1S(=O)(=O)N(CC(=O)N1c2ccccc2C[C@H]1C)Cc1ccccc1. The maximum Gasteiger partial charge on any atom is 0.247 e. The van der Waals surface area contributed by atoms with E-state index < -0.39 is 10.0 Å². The molecule has 33 heavy (non-hydrogen) atoms. The zero-order valence-electron chi connectivity index (χ0n) is 19.1. The van der Waals surface area contributed by atoms with Crippen LogP contribution in [0.2, 0.25) is 0 Å². The third-order valence-corrected chi connectivity index (χ3v) is 7.74. The lowest BCUT2D eigenvalue weighted by atomic mass is 10.1. The van der Waals surface area contributed by atoms with Gasteiger partial charge < -0.3 is 9.64 Å². The van der Waals surface area contributed by atoms with E-state index in [-0.39, 0.29) is 35.7 Å². The van der Waals surface area contributed by atoms with E-state index in [0.717, 1.165) is 28.8 Å². The Morgan fingerprint density at radius 1 is 1.06 bits per heavy atom. The summed E-state index contributed by atoms with van der Waals surface area (Å²) in [5, 5.41) is 0. The predicted molar refractivity (Wildman–Crippen MR) is 129 cm³/mol. The van der Waals surface area contributed by atoms with E-state index in [1.807, 2.05) is 68.4 Å². The van der Waals surface area contributed by atoms with Gasteiger partial charge >= 0.3 is 0 Å². The van der Waals surface area contributed by atoms with Gasteiger partial charge in [-0.05, 0) is 55.2 Å². The van der Waals surface area contributed by atoms with Crippen molar-refractivity contribution in [3.05, 3.63) is 89.5 Å². The summed E-state index contributed by atoms with van der Waals surface area (Å²) in [5.74, 6) is 0.00423. The molecule has 0 aliphatic carbocycles. The molecular formula is C26H28N2O4S. The molecule has 0 saturated carbocycles. The van der Waals surface area contributed by atoms with Crippen molar-refractivity contribution in [2.24, 2.45) is 0 Å². The number of carbonyl (C=O) groups is 1. The first-order chi connectivity index (χ1) is 15.8. The number of hydrogen-bond donors (Lipinski definition) is 0. The van der Waals surface area contributed by atoms with E-state index in [1.54, 1.807) is 23.1 Å². The minimum Gasteiger partial charge on any atom is -0.495 e. The van der Waals surface area contributed by atoms with Crippen LogP contribution < -0.4 is 9.64 Å².